The van der Waals surface area contributed by atoms with Crippen molar-refractivity contribution in [2.75, 3.05) is 13.6 Å². The normalized spacial score (nSPS) is 18.8. The number of carbonyl (C=O) groups is 2. The largest absolute Gasteiger partial charge is 0.445 e. The van der Waals surface area contributed by atoms with Crippen molar-refractivity contribution in [1.82, 2.24) is 10.2 Å². The highest BCUT2D eigenvalue weighted by atomic mass is 16.5. The second-order valence-electron chi connectivity index (χ2n) is 4.38. The summed E-state index contributed by atoms with van der Waals surface area (Å²) in [5.74, 6) is 0.0448. The summed E-state index contributed by atoms with van der Waals surface area (Å²) in [7, 11) is 1.72. The lowest BCUT2D eigenvalue weighted by atomic mass is 10.2. The number of amides is 2. The van der Waals surface area contributed by atoms with Gasteiger partial charge in [0.25, 0.3) is 0 Å². The van der Waals surface area contributed by atoms with Crippen LogP contribution < -0.4 is 5.32 Å². The van der Waals surface area contributed by atoms with Crippen molar-refractivity contribution < 1.29 is 14.3 Å². The average molecular weight is 248 g/mol. The van der Waals surface area contributed by atoms with Crippen molar-refractivity contribution in [2.45, 2.75) is 19.1 Å². The highest BCUT2D eigenvalue weighted by Gasteiger charge is 2.28. The lowest BCUT2D eigenvalue weighted by Gasteiger charge is -2.12. The van der Waals surface area contributed by atoms with Crippen LogP contribution >= 0.6 is 0 Å². The van der Waals surface area contributed by atoms with E-state index in [1.54, 1.807) is 11.9 Å². The van der Waals surface area contributed by atoms with Gasteiger partial charge >= 0.3 is 6.09 Å². The summed E-state index contributed by atoms with van der Waals surface area (Å²) in [5.41, 5.74) is 0.937. The number of benzene rings is 1. The molecule has 1 aromatic carbocycles. The van der Waals surface area contributed by atoms with Gasteiger partial charge in [-0.05, 0) is 5.56 Å². The van der Waals surface area contributed by atoms with Crippen molar-refractivity contribution in [2.24, 2.45) is 0 Å². The Hall–Kier alpha value is -2.04. The van der Waals surface area contributed by atoms with Crippen molar-refractivity contribution in [3.63, 3.8) is 0 Å². The topological polar surface area (TPSA) is 58.6 Å². The lowest BCUT2D eigenvalue weighted by Crippen LogP contribution is -2.36. The minimum Gasteiger partial charge on any atom is -0.445 e. The highest BCUT2D eigenvalue weighted by molar-refractivity contribution is 5.80. The van der Waals surface area contributed by atoms with Crippen LogP contribution in [0.2, 0.25) is 0 Å². The summed E-state index contributed by atoms with van der Waals surface area (Å²) >= 11 is 0. The molecule has 1 aliphatic heterocycles. The molecule has 96 valence electrons. The first-order valence-corrected chi connectivity index (χ1v) is 5.86. The quantitative estimate of drug-likeness (QED) is 0.872. The molecule has 0 saturated carbocycles. The highest BCUT2D eigenvalue weighted by Crippen LogP contribution is 2.08. The second-order valence-corrected chi connectivity index (χ2v) is 4.38. The fraction of sp³-hybridized carbons (Fsp3) is 0.385. The van der Waals surface area contributed by atoms with Gasteiger partial charge in [-0.2, -0.15) is 0 Å². The maximum absolute atomic E-state index is 11.5. The van der Waals surface area contributed by atoms with Crippen LogP contribution in [0.15, 0.2) is 30.3 Å². The van der Waals surface area contributed by atoms with Crippen LogP contribution in [0, 0.1) is 0 Å². The number of nitrogens with zero attached hydrogens (tertiary/aromatic N) is 1. The number of ether oxygens (including phenoxy) is 1. The SMILES string of the molecule is CN1CC(NC(=O)OCc2ccccc2)CC1=O. The molecule has 2 amide bonds. The molecule has 1 unspecified atom stereocenters. The molecule has 2 rings (SSSR count). The summed E-state index contributed by atoms with van der Waals surface area (Å²) in [5, 5.41) is 2.69. The van der Waals surface area contributed by atoms with E-state index in [0.717, 1.165) is 5.56 Å². The van der Waals surface area contributed by atoms with Crippen molar-refractivity contribution in [1.29, 1.82) is 0 Å². The number of carbonyl (C=O) groups excluding carboxylic acids is 2. The van der Waals surface area contributed by atoms with Gasteiger partial charge in [0.15, 0.2) is 0 Å². The van der Waals surface area contributed by atoms with Crippen LogP contribution in [0.1, 0.15) is 12.0 Å². The minimum absolute atomic E-state index is 0.0448. The van der Waals surface area contributed by atoms with Crippen LogP contribution in [-0.2, 0) is 16.1 Å². The van der Waals surface area contributed by atoms with E-state index in [4.69, 9.17) is 4.74 Å². The van der Waals surface area contributed by atoms with E-state index in [2.05, 4.69) is 5.32 Å². The first-order valence-electron chi connectivity index (χ1n) is 5.86. The summed E-state index contributed by atoms with van der Waals surface area (Å²) in [4.78, 5) is 24.4. The van der Waals surface area contributed by atoms with E-state index in [-0.39, 0.29) is 18.6 Å². The van der Waals surface area contributed by atoms with Gasteiger partial charge in [-0.15, -0.1) is 0 Å². The van der Waals surface area contributed by atoms with Gasteiger partial charge in [0.1, 0.15) is 6.61 Å². The molecule has 5 nitrogen and oxygen atoms in total. The Morgan fingerprint density at radius 3 is 2.78 bits per heavy atom. The molecule has 0 radical (unpaired) electrons. The van der Waals surface area contributed by atoms with Crippen LogP contribution in [0.25, 0.3) is 0 Å². The Labute approximate surface area is 106 Å². The maximum atomic E-state index is 11.5. The van der Waals surface area contributed by atoms with Crippen molar-refractivity contribution in [3.05, 3.63) is 35.9 Å². The smallest absolute Gasteiger partial charge is 0.407 e. The zero-order chi connectivity index (χ0) is 13.0. The summed E-state index contributed by atoms with van der Waals surface area (Å²) in [6.07, 6.45) is -0.135. The van der Waals surface area contributed by atoms with Crippen molar-refractivity contribution >= 4 is 12.0 Å². The molecule has 18 heavy (non-hydrogen) atoms. The van der Waals surface area contributed by atoms with Gasteiger partial charge in [-0.25, -0.2) is 4.79 Å². The molecule has 1 aromatic rings. The number of likely N-dealkylation sites (tertiary alicyclic amines) is 1. The average Bonchev–Trinajstić information content (AvgIpc) is 2.67. The number of nitrogens with one attached hydrogen (secondary N) is 1. The third-order valence-corrected chi connectivity index (χ3v) is 2.88. The molecular weight excluding hydrogens is 232 g/mol. The van der Waals surface area contributed by atoms with Gasteiger partial charge in [-0.3, -0.25) is 4.79 Å². The summed E-state index contributed by atoms with van der Waals surface area (Å²) in [6, 6.07) is 9.32. The molecule has 1 saturated heterocycles. The Morgan fingerprint density at radius 2 is 2.17 bits per heavy atom. The fourth-order valence-corrected chi connectivity index (χ4v) is 1.89. The first-order chi connectivity index (χ1) is 8.65. The molecule has 0 aromatic heterocycles. The van der Waals surface area contributed by atoms with E-state index in [9.17, 15) is 9.59 Å². The molecule has 1 aliphatic rings. The van der Waals surface area contributed by atoms with Gasteiger partial charge < -0.3 is 15.0 Å². The molecule has 5 heteroatoms. The molecule has 1 heterocycles. The lowest BCUT2D eigenvalue weighted by molar-refractivity contribution is -0.126. The molecule has 1 fully saturated rings. The van der Waals surface area contributed by atoms with Gasteiger partial charge in [0, 0.05) is 20.0 Å². The number of alkyl carbamates (subject to hydrolysis) is 1. The number of hydrogen-bond acceptors (Lipinski definition) is 3. The minimum atomic E-state index is -0.480. The Morgan fingerprint density at radius 1 is 1.44 bits per heavy atom. The Bertz CT molecular complexity index is 433. The molecule has 1 atom stereocenters. The molecule has 0 aliphatic carbocycles. The summed E-state index contributed by atoms with van der Waals surface area (Å²) < 4.78 is 5.08. The van der Waals surface area contributed by atoms with Crippen LogP contribution in [-0.4, -0.2) is 36.5 Å². The zero-order valence-electron chi connectivity index (χ0n) is 10.3. The molecule has 1 N–H and O–H groups in total. The van der Waals surface area contributed by atoms with E-state index in [1.807, 2.05) is 30.3 Å². The van der Waals surface area contributed by atoms with E-state index < -0.39 is 6.09 Å². The molecule has 0 spiro atoms. The number of rotatable bonds is 3. The van der Waals surface area contributed by atoms with Gasteiger partial charge in [0.2, 0.25) is 5.91 Å². The monoisotopic (exact) mass is 248 g/mol. The predicted molar refractivity (Wildman–Crippen MR) is 65.8 cm³/mol. The third-order valence-electron chi connectivity index (χ3n) is 2.88. The van der Waals surface area contributed by atoms with Crippen LogP contribution in [0.5, 0.6) is 0 Å². The zero-order valence-corrected chi connectivity index (χ0v) is 10.3. The first kappa shape index (κ1) is 12.4. The van der Waals surface area contributed by atoms with E-state index >= 15 is 0 Å². The van der Waals surface area contributed by atoms with Gasteiger partial charge in [0.05, 0.1) is 6.04 Å². The Balaban J connectivity index is 1.75. The predicted octanol–water partition coefficient (Wildman–Crippen LogP) is 1.14. The van der Waals surface area contributed by atoms with Crippen LogP contribution in [0.4, 0.5) is 4.79 Å². The third kappa shape index (κ3) is 3.23. The van der Waals surface area contributed by atoms with Crippen molar-refractivity contribution in [3.8, 4) is 0 Å². The Kier molecular flexibility index (Phi) is 3.82. The standard InChI is InChI=1S/C13H16N2O3/c1-15-8-11(7-12(15)16)14-13(17)18-9-10-5-3-2-4-6-10/h2-6,11H,7-9H2,1H3,(H,14,17). The summed E-state index contributed by atoms with van der Waals surface area (Å²) in [6.45, 7) is 0.780. The molecular formula is C13H16N2O3. The van der Waals surface area contributed by atoms with Gasteiger partial charge in [-0.1, -0.05) is 30.3 Å². The second kappa shape index (κ2) is 5.53. The number of hydrogen-bond donors (Lipinski definition) is 1. The van der Waals surface area contributed by atoms with E-state index in [1.165, 1.54) is 0 Å². The number of likely N-dealkylation sites (N-methyl/N-ethyl adjacent to an activating group) is 1. The fourth-order valence-electron chi connectivity index (χ4n) is 1.89. The van der Waals surface area contributed by atoms with E-state index in [0.29, 0.717) is 13.0 Å². The maximum Gasteiger partial charge on any atom is 0.407 e. The molecule has 0 bridgehead atoms. The van der Waals surface area contributed by atoms with Crippen LogP contribution in [0.3, 0.4) is 0 Å².